The summed E-state index contributed by atoms with van der Waals surface area (Å²) in [5.41, 5.74) is 1.39. The Morgan fingerprint density at radius 3 is 2.31 bits per heavy atom. The molecule has 11 heteroatoms. The molecule has 0 spiro atoms. The van der Waals surface area contributed by atoms with E-state index in [2.05, 4.69) is 0 Å². The molecule has 4 aliphatic rings. The van der Waals surface area contributed by atoms with E-state index in [1.165, 1.54) is 17.0 Å². The van der Waals surface area contributed by atoms with Crippen LogP contribution in [0.5, 0.6) is 5.75 Å². The van der Waals surface area contributed by atoms with Gasteiger partial charge in [-0.15, -0.1) is 23.2 Å². The van der Waals surface area contributed by atoms with Gasteiger partial charge in [-0.2, -0.15) is 0 Å². The van der Waals surface area contributed by atoms with Crippen LogP contribution in [0.15, 0.2) is 60.2 Å². The van der Waals surface area contributed by atoms with Crippen molar-refractivity contribution in [1.82, 2.24) is 4.90 Å². The number of halogens is 3. The lowest BCUT2D eigenvalue weighted by Crippen LogP contribution is -2.60. The van der Waals surface area contributed by atoms with E-state index >= 15 is 0 Å². The summed E-state index contributed by atoms with van der Waals surface area (Å²) < 4.78 is 19.3. The minimum absolute atomic E-state index is 0.0906. The third kappa shape index (κ3) is 3.97. The molecule has 2 aliphatic heterocycles. The molecule has 6 rings (SSSR count). The first kappa shape index (κ1) is 28.8. The molecule has 42 heavy (non-hydrogen) atoms. The fourth-order valence-corrected chi connectivity index (χ4v) is 8.14. The van der Waals surface area contributed by atoms with Crippen molar-refractivity contribution in [3.8, 4) is 5.75 Å². The van der Waals surface area contributed by atoms with E-state index in [1.807, 2.05) is 13.0 Å². The molecule has 0 radical (unpaired) electrons. The zero-order chi connectivity index (χ0) is 30.0. The quantitative estimate of drug-likeness (QED) is 0.285. The number of fused-ring (bicyclic) bond motifs is 4. The first-order valence-electron chi connectivity index (χ1n) is 14.0. The molecule has 2 aromatic carbocycles. The van der Waals surface area contributed by atoms with Crippen LogP contribution in [0.4, 0.5) is 10.1 Å². The van der Waals surface area contributed by atoms with Crippen LogP contribution in [0.2, 0.25) is 0 Å². The summed E-state index contributed by atoms with van der Waals surface area (Å²) in [6.45, 7) is 2.11. The number of alkyl halides is 2. The maximum Gasteiger partial charge on any atom is 0.258 e. The summed E-state index contributed by atoms with van der Waals surface area (Å²) in [6, 6.07) is 11.7. The number of ether oxygens (including phenoxy) is 1. The van der Waals surface area contributed by atoms with Crippen LogP contribution in [0.3, 0.4) is 0 Å². The lowest BCUT2D eigenvalue weighted by molar-refractivity contribution is -0.140. The fraction of sp³-hybridized carbons (Fsp3) is 0.419. The average Bonchev–Trinajstić information content (AvgIpc) is 3.31. The molecule has 3 fully saturated rings. The Morgan fingerprint density at radius 1 is 0.976 bits per heavy atom. The zero-order valence-corrected chi connectivity index (χ0v) is 24.3. The molecule has 4 amide bonds. The van der Waals surface area contributed by atoms with Crippen molar-refractivity contribution >= 4 is 52.5 Å². The first-order chi connectivity index (χ1) is 20.1. The number of anilines is 1. The highest BCUT2D eigenvalue weighted by molar-refractivity contribution is 6.58. The molecule has 6 unspecified atom stereocenters. The van der Waals surface area contributed by atoms with Gasteiger partial charge in [0.15, 0.2) is 9.75 Å². The molecule has 2 aliphatic carbocycles. The van der Waals surface area contributed by atoms with E-state index in [4.69, 9.17) is 33.0 Å². The van der Waals surface area contributed by atoms with Crippen molar-refractivity contribution in [2.75, 3.05) is 24.7 Å². The van der Waals surface area contributed by atoms with Crippen LogP contribution in [0, 0.1) is 23.6 Å². The van der Waals surface area contributed by atoms with E-state index in [9.17, 15) is 23.6 Å². The smallest absolute Gasteiger partial charge is 0.258 e. The van der Waals surface area contributed by atoms with E-state index in [1.54, 1.807) is 24.3 Å². The second kappa shape index (κ2) is 10.5. The summed E-state index contributed by atoms with van der Waals surface area (Å²) in [4.78, 5) is 53.7. The first-order valence-corrected chi connectivity index (χ1v) is 14.7. The number of hydrogen-bond acceptors (Lipinski definition) is 6. The van der Waals surface area contributed by atoms with Gasteiger partial charge in [0.2, 0.25) is 11.8 Å². The van der Waals surface area contributed by atoms with E-state index < -0.39 is 51.1 Å². The Hall–Kier alpha value is -3.27. The number of aliphatic hydroxyl groups is 1. The molecule has 2 saturated heterocycles. The largest absolute Gasteiger partial charge is 0.491 e. The van der Waals surface area contributed by atoms with Gasteiger partial charge in [0.05, 0.1) is 24.1 Å². The predicted octanol–water partition coefficient (Wildman–Crippen LogP) is 4.17. The van der Waals surface area contributed by atoms with Crippen molar-refractivity contribution in [1.29, 1.82) is 0 Å². The number of amides is 4. The molecule has 8 nitrogen and oxygen atoms in total. The van der Waals surface area contributed by atoms with Gasteiger partial charge in [-0.3, -0.25) is 24.1 Å². The summed E-state index contributed by atoms with van der Waals surface area (Å²) >= 11 is 14.6. The molecule has 1 N–H and O–H groups in total. The lowest BCUT2D eigenvalue weighted by Gasteiger charge is -2.50. The SMILES string of the molecule is CCCN1C(=O)C2CC=C3C(CC4(Cl)C(=O)N(c5ccc(F)cc5)C(=O)C4(Cl)C3c3ccc(OCCO)cc3)C2C1=O. The van der Waals surface area contributed by atoms with Crippen molar-refractivity contribution in [2.24, 2.45) is 17.8 Å². The number of benzene rings is 2. The van der Waals surface area contributed by atoms with E-state index in [-0.39, 0.29) is 37.1 Å². The summed E-state index contributed by atoms with van der Waals surface area (Å²) in [6.07, 6.45) is 2.66. The topological polar surface area (TPSA) is 104 Å². The molecule has 2 heterocycles. The average molecular weight is 615 g/mol. The molecule has 0 bridgehead atoms. The van der Waals surface area contributed by atoms with Crippen molar-refractivity contribution in [2.45, 2.75) is 41.9 Å². The normalized spacial score (nSPS) is 32.1. The molecule has 6 atom stereocenters. The van der Waals surface area contributed by atoms with E-state index in [0.29, 0.717) is 36.3 Å². The number of likely N-dealkylation sites (tertiary alicyclic amines) is 1. The maximum absolute atomic E-state index is 14.3. The summed E-state index contributed by atoms with van der Waals surface area (Å²) in [5.74, 6) is -4.97. The summed E-state index contributed by atoms with van der Waals surface area (Å²) in [7, 11) is 0. The minimum Gasteiger partial charge on any atom is -0.491 e. The Labute approximate surface area is 252 Å². The number of aliphatic hydroxyl groups excluding tert-OH is 1. The Bertz CT molecular complexity index is 1500. The number of allylic oxidation sites excluding steroid dienone is 2. The molecule has 2 aromatic rings. The van der Waals surface area contributed by atoms with Gasteiger partial charge in [-0.05, 0) is 67.1 Å². The lowest BCUT2D eigenvalue weighted by atomic mass is 9.56. The number of carbonyl (C=O) groups is 4. The molecule has 0 aromatic heterocycles. The number of carbonyl (C=O) groups excluding carboxylic acids is 4. The van der Waals surface area contributed by atoms with Crippen molar-refractivity contribution in [3.63, 3.8) is 0 Å². The Morgan fingerprint density at radius 2 is 1.67 bits per heavy atom. The van der Waals surface area contributed by atoms with Crippen molar-refractivity contribution in [3.05, 3.63) is 71.6 Å². The Kier molecular flexibility index (Phi) is 7.19. The predicted molar refractivity (Wildman–Crippen MR) is 153 cm³/mol. The minimum atomic E-state index is -1.99. The maximum atomic E-state index is 14.3. The Balaban J connectivity index is 1.51. The highest BCUT2D eigenvalue weighted by Crippen LogP contribution is 2.65. The number of imide groups is 2. The van der Waals surface area contributed by atoms with Gasteiger partial charge in [0.25, 0.3) is 11.8 Å². The number of hydrogen-bond donors (Lipinski definition) is 1. The molecule has 220 valence electrons. The van der Waals surface area contributed by atoms with Gasteiger partial charge in [-0.1, -0.05) is 30.7 Å². The van der Waals surface area contributed by atoms with Crippen LogP contribution < -0.4 is 9.64 Å². The highest BCUT2D eigenvalue weighted by atomic mass is 35.5. The van der Waals surface area contributed by atoms with Crippen LogP contribution in [0.1, 0.15) is 37.7 Å². The van der Waals surface area contributed by atoms with Crippen LogP contribution in [-0.2, 0) is 19.2 Å². The molecular weight excluding hydrogens is 586 g/mol. The van der Waals surface area contributed by atoms with Crippen LogP contribution >= 0.6 is 23.2 Å². The van der Waals surface area contributed by atoms with Crippen LogP contribution in [-0.4, -0.2) is 63.1 Å². The summed E-state index contributed by atoms with van der Waals surface area (Å²) in [5, 5.41) is 9.12. The van der Waals surface area contributed by atoms with Crippen molar-refractivity contribution < 1.29 is 33.4 Å². The number of nitrogens with zero attached hydrogens (tertiary/aromatic N) is 2. The highest BCUT2D eigenvalue weighted by Gasteiger charge is 2.76. The van der Waals surface area contributed by atoms with Crippen LogP contribution in [0.25, 0.3) is 0 Å². The second-order valence-electron chi connectivity index (χ2n) is 11.2. The van der Waals surface area contributed by atoms with Gasteiger partial charge in [0.1, 0.15) is 18.2 Å². The standard InChI is InChI=1S/C31H29Cl2FN2O6/c1-2-13-35-26(38)22-12-11-21-23(24(22)27(35)39)16-30(32)28(40)36(19-7-5-18(34)6-8-19)29(41)31(30,33)25(21)17-3-9-20(10-4-17)42-15-14-37/h3-11,22-25,37H,2,12-16H2,1H3. The molecular formula is C31H29Cl2FN2O6. The monoisotopic (exact) mass is 614 g/mol. The van der Waals surface area contributed by atoms with Gasteiger partial charge in [0, 0.05) is 12.5 Å². The van der Waals surface area contributed by atoms with Gasteiger partial charge < -0.3 is 9.84 Å². The molecule has 1 saturated carbocycles. The third-order valence-electron chi connectivity index (χ3n) is 9.01. The van der Waals surface area contributed by atoms with E-state index in [0.717, 1.165) is 17.0 Å². The third-order valence-corrected chi connectivity index (χ3v) is 10.4. The van der Waals surface area contributed by atoms with Gasteiger partial charge >= 0.3 is 0 Å². The zero-order valence-electron chi connectivity index (χ0n) is 22.8. The second-order valence-corrected chi connectivity index (χ2v) is 12.5. The fourth-order valence-electron chi connectivity index (χ4n) is 7.20. The van der Waals surface area contributed by atoms with Gasteiger partial charge in [-0.25, -0.2) is 9.29 Å². The number of rotatable bonds is 7.